The molecular formula is C23H35NO3S. The molecule has 5 heteroatoms. The van der Waals surface area contributed by atoms with Crippen LogP contribution < -0.4 is 5.32 Å². The largest absolute Gasteiger partial charge is 0.480 e. The molecule has 28 heavy (non-hydrogen) atoms. The molecule has 1 fully saturated rings. The second-order valence-corrected chi connectivity index (χ2v) is 9.15. The van der Waals surface area contributed by atoms with Gasteiger partial charge in [-0.15, -0.1) is 11.8 Å². The Bertz CT molecular complexity index is 651. The van der Waals surface area contributed by atoms with Crippen molar-refractivity contribution >= 4 is 29.3 Å². The van der Waals surface area contributed by atoms with Crippen LogP contribution in [0, 0.1) is 11.3 Å². The number of carbonyl (C=O) groups excluding carboxylic acids is 1. The van der Waals surface area contributed by atoms with Crippen LogP contribution in [-0.4, -0.2) is 28.5 Å². The Hall–Kier alpha value is -1.49. The number of rotatable bonds is 10. The highest BCUT2D eigenvalue weighted by molar-refractivity contribution is 7.99. The zero-order valence-electron chi connectivity index (χ0n) is 17.5. The third-order valence-electron chi connectivity index (χ3n) is 6.36. The number of carbonyl (C=O) groups is 2. The van der Waals surface area contributed by atoms with Gasteiger partial charge in [-0.2, -0.15) is 0 Å². The molecule has 1 aromatic rings. The van der Waals surface area contributed by atoms with Crippen molar-refractivity contribution in [1.29, 1.82) is 0 Å². The zero-order chi connectivity index (χ0) is 20.6. The maximum absolute atomic E-state index is 13.5. The van der Waals surface area contributed by atoms with Crippen LogP contribution >= 0.6 is 11.8 Å². The average molecular weight is 406 g/mol. The summed E-state index contributed by atoms with van der Waals surface area (Å²) < 4.78 is 0. The van der Waals surface area contributed by atoms with Crippen LogP contribution in [0.5, 0.6) is 0 Å². The number of amides is 1. The summed E-state index contributed by atoms with van der Waals surface area (Å²) in [6.45, 7) is 4.43. The van der Waals surface area contributed by atoms with Crippen molar-refractivity contribution < 1.29 is 14.7 Å². The molecule has 1 aliphatic rings. The van der Waals surface area contributed by atoms with E-state index in [0.29, 0.717) is 12.3 Å². The molecule has 1 amide bonds. The molecule has 0 unspecified atom stereocenters. The van der Waals surface area contributed by atoms with E-state index >= 15 is 0 Å². The third kappa shape index (κ3) is 5.76. The number of para-hydroxylation sites is 1. The summed E-state index contributed by atoms with van der Waals surface area (Å²) >= 11 is 1.33. The van der Waals surface area contributed by atoms with Crippen molar-refractivity contribution in [2.24, 2.45) is 11.3 Å². The number of thioether (sulfide) groups is 1. The van der Waals surface area contributed by atoms with Crippen molar-refractivity contribution in [3.63, 3.8) is 0 Å². The fraction of sp³-hybridized carbons (Fsp3) is 0.652. The Kier molecular flexibility index (Phi) is 8.87. The predicted molar refractivity (Wildman–Crippen MR) is 118 cm³/mol. The summed E-state index contributed by atoms with van der Waals surface area (Å²) in [6, 6.07) is 7.64. The van der Waals surface area contributed by atoms with Gasteiger partial charge in [-0.1, -0.05) is 64.2 Å². The monoisotopic (exact) mass is 405 g/mol. The van der Waals surface area contributed by atoms with Gasteiger partial charge in [0.1, 0.15) is 5.25 Å². The fourth-order valence-electron chi connectivity index (χ4n) is 4.43. The predicted octanol–water partition coefficient (Wildman–Crippen LogP) is 5.76. The maximum atomic E-state index is 13.5. The van der Waals surface area contributed by atoms with Crippen molar-refractivity contribution in [2.75, 3.05) is 11.6 Å². The molecule has 0 aliphatic heterocycles. The lowest BCUT2D eigenvalue weighted by Crippen LogP contribution is -2.40. The average Bonchev–Trinajstić information content (AvgIpc) is 2.71. The van der Waals surface area contributed by atoms with Crippen molar-refractivity contribution in [1.82, 2.24) is 0 Å². The summed E-state index contributed by atoms with van der Waals surface area (Å²) in [6.07, 6.45) is 10.7. The molecule has 0 radical (unpaired) electrons. The molecule has 1 atom stereocenters. The van der Waals surface area contributed by atoms with Crippen molar-refractivity contribution in [3.05, 3.63) is 29.8 Å². The first-order chi connectivity index (χ1) is 13.5. The SMILES string of the molecule is CCC(CC)CC1(C(=O)Nc2ccccc2C[C@H](SC)C(=O)O)CCCCC1. The second kappa shape index (κ2) is 10.9. The number of nitrogens with one attached hydrogen (secondary N) is 1. The topological polar surface area (TPSA) is 66.4 Å². The Morgan fingerprint density at radius 3 is 2.36 bits per heavy atom. The van der Waals surface area contributed by atoms with Gasteiger partial charge in [0.05, 0.1) is 0 Å². The van der Waals surface area contributed by atoms with E-state index in [1.807, 2.05) is 30.5 Å². The fourth-order valence-corrected chi connectivity index (χ4v) is 4.98. The smallest absolute Gasteiger partial charge is 0.316 e. The first-order valence-electron chi connectivity index (χ1n) is 10.6. The molecule has 4 nitrogen and oxygen atoms in total. The van der Waals surface area contributed by atoms with Crippen LogP contribution in [0.15, 0.2) is 24.3 Å². The molecule has 0 aromatic heterocycles. The third-order valence-corrected chi connectivity index (χ3v) is 7.29. The Balaban J connectivity index is 2.22. The van der Waals surface area contributed by atoms with E-state index in [-0.39, 0.29) is 11.3 Å². The highest BCUT2D eigenvalue weighted by Gasteiger charge is 2.40. The summed E-state index contributed by atoms with van der Waals surface area (Å²) in [5, 5.41) is 12.1. The highest BCUT2D eigenvalue weighted by Crippen LogP contribution is 2.44. The molecule has 2 rings (SSSR count). The van der Waals surface area contributed by atoms with E-state index in [0.717, 1.165) is 56.2 Å². The van der Waals surface area contributed by atoms with E-state index < -0.39 is 11.2 Å². The van der Waals surface area contributed by atoms with Gasteiger partial charge in [-0.25, -0.2) is 0 Å². The van der Waals surface area contributed by atoms with Gasteiger partial charge in [-0.3, -0.25) is 9.59 Å². The number of hydrogen-bond donors (Lipinski definition) is 2. The first-order valence-corrected chi connectivity index (χ1v) is 11.9. The van der Waals surface area contributed by atoms with Gasteiger partial charge in [-0.05, 0) is 49.5 Å². The molecule has 1 saturated carbocycles. The van der Waals surface area contributed by atoms with E-state index in [2.05, 4.69) is 19.2 Å². The first kappa shape index (κ1) is 22.8. The van der Waals surface area contributed by atoms with Gasteiger partial charge in [0.2, 0.25) is 5.91 Å². The van der Waals surface area contributed by atoms with Gasteiger partial charge in [0.15, 0.2) is 0 Å². The number of anilines is 1. The van der Waals surface area contributed by atoms with Crippen molar-refractivity contribution in [2.45, 2.75) is 76.9 Å². The van der Waals surface area contributed by atoms with E-state index in [4.69, 9.17) is 0 Å². The lowest BCUT2D eigenvalue weighted by Gasteiger charge is -2.38. The number of aliphatic carboxylic acids is 1. The molecule has 0 saturated heterocycles. The van der Waals surface area contributed by atoms with Gasteiger partial charge in [0, 0.05) is 11.1 Å². The van der Waals surface area contributed by atoms with Crippen LogP contribution in [0.1, 0.15) is 70.8 Å². The molecule has 0 heterocycles. The molecule has 0 spiro atoms. The second-order valence-electron chi connectivity index (χ2n) is 8.11. The quantitative estimate of drug-likeness (QED) is 0.519. The number of carboxylic acid groups (broad SMARTS) is 1. The van der Waals surface area contributed by atoms with E-state index in [9.17, 15) is 14.7 Å². The Morgan fingerprint density at radius 1 is 1.14 bits per heavy atom. The lowest BCUT2D eigenvalue weighted by atomic mass is 9.67. The van der Waals surface area contributed by atoms with Crippen LogP contribution in [0.25, 0.3) is 0 Å². The summed E-state index contributed by atoms with van der Waals surface area (Å²) in [5.74, 6) is -0.110. The van der Waals surface area contributed by atoms with Crippen LogP contribution in [0.4, 0.5) is 5.69 Å². The van der Waals surface area contributed by atoms with Gasteiger partial charge >= 0.3 is 5.97 Å². The summed E-state index contributed by atoms with van der Waals surface area (Å²) in [4.78, 5) is 24.9. The van der Waals surface area contributed by atoms with E-state index in [1.54, 1.807) is 0 Å². The van der Waals surface area contributed by atoms with E-state index in [1.165, 1.54) is 18.2 Å². The van der Waals surface area contributed by atoms with Crippen LogP contribution in [0.3, 0.4) is 0 Å². The molecule has 1 aromatic carbocycles. The minimum atomic E-state index is -0.814. The molecule has 0 bridgehead atoms. The van der Waals surface area contributed by atoms with Crippen molar-refractivity contribution in [3.8, 4) is 0 Å². The molecular weight excluding hydrogens is 370 g/mol. The minimum Gasteiger partial charge on any atom is -0.480 e. The molecule has 156 valence electrons. The minimum absolute atomic E-state index is 0.127. The zero-order valence-corrected chi connectivity index (χ0v) is 18.3. The standard InChI is InChI=1S/C23H35NO3S/c1-4-17(5-2)16-23(13-9-6-10-14-23)22(27)24-19-12-8-7-11-18(19)15-20(28-3)21(25)26/h7-8,11-12,17,20H,4-6,9-10,13-16H2,1-3H3,(H,24,27)(H,25,26)/t20-/m0/s1. The Morgan fingerprint density at radius 2 is 1.79 bits per heavy atom. The van der Waals surface area contributed by atoms with Gasteiger partial charge < -0.3 is 10.4 Å². The highest BCUT2D eigenvalue weighted by atomic mass is 32.2. The summed E-state index contributed by atoms with van der Waals surface area (Å²) in [7, 11) is 0. The van der Waals surface area contributed by atoms with Crippen LogP contribution in [0.2, 0.25) is 0 Å². The maximum Gasteiger partial charge on any atom is 0.316 e. The number of benzene rings is 1. The Labute approximate surface area is 173 Å². The van der Waals surface area contributed by atoms with Crippen LogP contribution in [-0.2, 0) is 16.0 Å². The normalized spacial score (nSPS) is 17.3. The van der Waals surface area contributed by atoms with Gasteiger partial charge in [0.25, 0.3) is 0 Å². The molecule has 2 N–H and O–H groups in total. The molecule has 1 aliphatic carbocycles. The number of hydrogen-bond acceptors (Lipinski definition) is 3. The lowest BCUT2D eigenvalue weighted by molar-refractivity contribution is -0.136. The number of carboxylic acids is 1. The summed E-state index contributed by atoms with van der Waals surface area (Å²) in [5.41, 5.74) is 1.38.